The summed E-state index contributed by atoms with van der Waals surface area (Å²) in [6.07, 6.45) is 0. The molecule has 0 aliphatic carbocycles. The summed E-state index contributed by atoms with van der Waals surface area (Å²) in [5, 5.41) is 8.29. The molecule has 0 unspecified atom stereocenters. The monoisotopic (exact) mass is 338 g/mol. The molecule has 0 spiro atoms. The largest absolute Gasteiger partial charge is 0.151 e. The van der Waals surface area contributed by atoms with Gasteiger partial charge in [0.25, 0.3) is 0 Å². The number of rotatable bonds is 2. The molecular weight excluding hydrogens is 332 g/mol. The second-order valence-corrected chi connectivity index (χ2v) is 4.99. The van der Waals surface area contributed by atoms with Gasteiger partial charge < -0.3 is 0 Å². The van der Waals surface area contributed by atoms with Crippen LogP contribution < -0.4 is 0 Å². The molecule has 0 radical (unpaired) electrons. The highest BCUT2D eigenvalue weighted by atomic mass is 79.9. The van der Waals surface area contributed by atoms with Crippen molar-refractivity contribution in [2.75, 3.05) is 0 Å². The van der Waals surface area contributed by atoms with Crippen LogP contribution in [0.4, 0.5) is 11.4 Å². The molecule has 0 aliphatic rings. The summed E-state index contributed by atoms with van der Waals surface area (Å²) in [5.41, 5.74) is 1.67. The lowest BCUT2D eigenvalue weighted by Gasteiger charge is -1.94. The van der Waals surface area contributed by atoms with Crippen molar-refractivity contribution < 1.29 is 0 Å². The third-order valence-electron chi connectivity index (χ3n) is 1.92. The van der Waals surface area contributed by atoms with Crippen LogP contribution in [-0.2, 0) is 0 Å². The lowest BCUT2D eigenvalue weighted by Crippen LogP contribution is -1.66. The predicted molar refractivity (Wildman–Crippen MR) is 72.5 cm³/mol. The van der Waals surface area contributed by atoms with Crippen LogP contribution in [0.5, 0.6) is 0 Å². The Morgan fingerprint density at radius 1 is 0.688 bits per heavy atom. The van der Waals surface area contributed by atoms with Crippen LogP contribution in [-0.4, -0.2) is 0 Å². The van der Waals surface area contributed by atoms with E-state index in [9.17, 15) is 0 Å². The lowest BCUT2D eigenvalue weighted by molar-refractivity contribution is 1.23. The zero-order valence-electron chi connectivity index (χ0n) is 8.27. The topological polar surface area (TPSA) is 24.7 Å². The Morgan fingerprint density at radius 2 is 1.38 bits per heavy atom. The Hall–Kier alpha value is -1.00. The maximum Gasteiger partial charge on any atom is 0.0868 e. The molecule has 0 saturated carbocycles. The molecule has 0 saturated heterocycles. The fraction of sp³-hybridized carbons (Fsp3) is 0. The number of nitrogens with zero attached hydrogens (tertiary/aromatic N) is 2. The summed E-state index contributed by atoms with van der Waals surface area (Å²) in [6.45, 7) is 0. The van der Waals surface area contributed by atoms with E-state index in [1.807, 2.05) is 48.5 Å². The van der Waals surface area contributed by atoms with Crippen LogP contribution >= 0.6 is 31.9 Å². The second-order valence-electron chi connectivity index (χ2n) is 3.16. The summed E-state index contributed by atoms with van der Waals surface area (Å²) in [7, 11) is 0. The molecule has 0 N–H and O–H groups in total. The van der Waals surface area contributed by atoms with E-state index in [-0.39, 0.29) is 0 Å². The van der Waals surface area contributed by atoms with Gasteiger partial charge in [0.2, 0.25) is 0 Å². The van der Waals surface area contributed by atoms with Gasteiger partial charge in [-0.15, -0.1) is 0 Å². The van der Waals surface area contributed by atoms with Crippen molar-refractivity contribution in [1.29, 1.82) is 0 Å². The van der Waals surface area contributed by atoms with E-state index in [1.54, 1.807) is 0 Å². The highest BCUT2D eigenvalue weighted by Crippen LogP contribution is 2.22. The third kappa shape index (κ3) is 3.25. The fourth-order valence-corrected chi connectivity index (χ4v) is 1.81. The molecular formula is C12H8Br2N2. The Labute approximate surface area is 111 Å². The third-order valence-corrected chi connectivity index (χ3v) is 2.94. The van der Waals surface area contributed by atoms with Gasteiger partial charge in [0, 0.05) is 8.95 Å². The molecule has 16 heavy (non-hydrogen) atoms. The Kier molecular flexibility index (Phi) is 3.85. The van der Waals surface area contributed by atoms with E-state index in [0.717, 1.165) is 20.3 Å². The molecule has 80 valence electrons. The molecule has 0 amide bonds. The number of hydrogen-bond acceptors (Lipinski definition) is 2. The first kappa shape index (κ1) is 11.5. The lowest BCUT2D eigenvalue weighted by atomic mass is 10.3. The van der Waals surface area contributed by atoms with Gasteiger partial charge in [0.05, 0.1) is 11.4 Å². The molecule has 2 rings (SSSR count). The zero-order valence-corrected chi connectivity index (χ0v) is 11.4. The Bertz CT molecular complexity index is 507. The van der Waals surface area contributed by atoms with Gasteiger partial charge in [-0.2, -0.15) is 10.2 Å². The van der Waals surface area contributed by atoms with E-state index in [2.05, 4.69) is 42.1 Å². The van der Waals surface area contributed by atoms with E-state index < -0.39 is 0 Å². The first-order valence-corrected chi connectivity index (χ1v) is 6.25. The first-order valence-electron chi connectivity index (χ1n) is 4.67. The molecule has 2 nitrogen and oxygen atoms in total. The molecule has 0 heterocycles. The van der Waals surface area contributed by atoms with Crippen LogP contribution in [0.1, 0.15) is 0 Å². The average Bonchev–Trinajstić information content (AvgIpc) is 2.28. The maximum absolute atomic E-state index is 4.15. The summed E-state index contributed by atoms with van der Waals surface area (Å²) in [5.74, 6) is 0. The van der Waals surface area contributed by atoms with Crippen molar-refractivity contribution in [3.8, 4) is 0 Å². The minimum atomic E-state index is 0.831. The van der Waals surface area contributed by atoms with E-state index >= 15 is 0 Å². The molecule has 2 aromatic rings. The zero-order chi connectivity index (χ0) is 11.4. The van der Waals surface area contributed by atoms with Crippen LogP contribution in [0.15, 0.2) is 67.7 Å². The van der Waals surface area contributed by atoms with Gasteiger partial charge >= 0.3 is 0 Å². The smallest absolute Gasteiger partial charge is 0.0868 e. The van der Waals surface area contributed by atoms with Crippen LogP contribution in [0, 0.1) is 0 Å². The highest BCUT2D eigenvalue weighted by Gasteiger charge is 1.92. The quantitative estimate of drug-likeness (QED) is 0.634. The SMILES string of the molecule is Brc1ccc(N=Nc2cccc(Br)c2)cc1. The molecule has 0 bridgehead atoms. The standard InChI is InChI=1S/C12H8Br2N2/c13-9-4-6-11(7-5-9)15-16-12-3-1-2-10(14)8-12/h1-8H. The van der Waals surface area contributed by atoms with Crippen LogP contribution in [0.25, 0.3) is 0 Å². The van der Waals surface area contributed by atoms with Crippen LogP contribution in [0.2, 0.25) is 0 Å². The van der Waals surface area contributed by atoms with Crippen molar-refractivity contribution in [2.24, 2.45) is 10.2 Å². The minimum Gasteiger partial charge on any atom is -0.151 e. The first-order chi connectivity index (χ1) is 7.74. The number of halogens is 2. The predicted octanol–water partition coefficient (Wildman–Crippen LogP) is 5.63. The van der Waals surface area contributed by atoms with Crippen molar-refractivity contribution in [3.05, 3.63) is 57.5 Å². The normalized spacial score (nSPS) is 10.9. The summed E-state index contributed by atoms with van der Waals surface area (Å²) in [6, 6.07) is 15.4. The second kappa shape index (κ2) is 5.37. The van der Waals surface area contributed by atoms with Crippen LogP contribution in [0.3, 0.4) is 0 Å². The summed E-state index contributed by atoms with van der Waals surface area (Å²) < 4.78 is 2.04. The molecule has 0 aromatic heterocycles. The minimum absolute atomic E-state index is 0.831. The molecule has 0 fully saturated rings. The Balaban J connectivity index is 2.18. The molecule has 0 atom stereocenters. The van der Waals surface area contributed by atoms with Crippen molar-refractivity contribution in [2.45, 2.75) is 0 Å². The van der Waals surface area contributed by atoms with E-state index in [4.69, 9.17) is 0 Å². The number of azo groups is 1. The summed E-state index contributed by atoms with van der Waals surface area (Å²) >= 11 is 6.76. The van der Waals surface area contributed by atoms with Crippen molar-refractivity contribution in [1.82, 2.24) is 0 Å². The van der Waals surface area contributed by atoms with Gasteiger partial charge in [0.15, 0.2) is 0 Å². The highest BCUT2D eigenvalue weighted by molar-refractivity contribution is 9.10. The van der Waals surface area contributed by atoms with Crippen molar-refractivity contribution >= 4 is 43.2 Å². The summed E-state index contributed by atoms with van der Waals surface area (Å²) in [4.78, 5) is 0. The van der Waals surface area contributed by atoms with E-state index in [0.29, 0.717) is 0 Å². The van der Waals surface area contributed by atoms with Gasteiger partial charge in [-0.1, -0.05) is 37.9 Å². The van der Waals surface area contributed by atoms with E-state index in [1.165, 1.54) is 0 Å². The van der Waals surface area contributed by atoms with Gasteiger partial charge in [-0.25, -0.2) is 0 Å². The maximum atomic E-state index is 4.15. The molecule has 4 heteroatoms. The van der Waals surface area contributed by atoms with Gasteiger partial charge in [-0.05, 0) is 42.5 Å². The van der Waals surface area contributed by atoms with Gasteiger partial charge in [0.1, 0.15) is 0 Å². The molecule has 0 aliphatic heterocycles. The number of hydrogen-bond donors (Lipinski definition) is 0. The average molecular weight is 340 g/mol. The fourth-order valence-electron chi connectivity index (χ4n) is 1.16. The number of benzene rings is 2. The Morgan fingerprint density at radius 3 is 2.06 bits per heavy atom. The van der Waals surface area contributed by atoms with Crippen molar-refractivity contribution in [3.63, 3.8) is 0 Å². The molecule has 2 aromatic carbocycles. The van der Waals surface area contributed by atoms with Gasteiger partial charge in [-0.3, -0.25) is 0 Å².